The van der Waals surface area contributed by atoms with E-state index in [2.05, 4.69) is 26.1 Å². The second kappa shape index (κ2) is 4.62. The molecule has 0 saturated carbocycles. The first-order chi connectivity index (χ1) is 7.58. The summed E-state index contributed by atoms with van der Waals surface area (Å²) in [4.78, 5) is 5.03. The summed E-state index contributed by atoms with van der Waals surface area (Å²) < 4.78 is 5.99. The molecule has 0 amide bonds. The van der Waals surface area contributed by atoms with E-state index in [1.165, 1.54) is 11.3 Å². The Bertz CT molecular complexity index is 483. The Morgan fingerprint density at radius 1 is 1.56 bits per heavy atom. The molecule has 3 N–H and O–H groups in total. The van der Waals surface area contributed by atoms with Crippen LogP contribution in [-0.4, -0.2) is 21.4 Å². The molecule has 0 fully saturated rings. The summed E-state index contributed by atoms with van der Waals surface area (Å²) in [6, 6.07) is 3.15. The van der Waals surface area contributed by atoms with Crippen LogP contribution in [0.1, 0.15) is 18.9 Å². The van der Waals surface area contributed by atoms with Gasteiger partial charge < -0.3 is 15.4 Å². The van der Waals surface area contributed by atoms with E-state index in [0.717, 1.165) is 8.66 Å². The quantitative estimate of drug-likeness (QED) is 0.905. The van der Waals surface area contributed by atoms with E-state index >= 15 is 0 Å². The Kier molecular flexibility index (Phi) is 3.38. The zero-order valence-corrected chi connectivity index (χ0v) is 10.8. The summed E-state index contributed by atoms with van der Waals surface area (Å²) in [6.07, 6.45) is -0.719. The molecule has 2 atom stereocenters. The molecular formula is C9H10BrN3O2S. The van der Waals surface area contributed by atoms with Gasteiger partial charge in [-0.1, -0.05) is 5.16 Å². The lowest BCUT2D eigenvalue weighted by Gasteiger charge is -2.08. The summed E-state index contributed by atoms with van der Waals surface area (Å²) in [5, 5.41) is 13.1. The highest BCUT2D eigenvalue weighted by Crippen LogP contribution is 2.29. The van der Waals surface area contributed by atoms with Gasteiger partial charge in [-0.05, 0) is 35.0 Å². The summed E-state index contributed by atoms with van der Waals surface area (Å²) in [6.45, 7) is 1.58. The van der Waals surface area contributed by atoms with Gasteiger partial charge in [0.05, 0.1) is 14.8 Å². The van der Waals surface area contributed by atoms with Gasteiger partial charge in [-0.2, -0.15) is 4.98 Å². The first-order valence-corrected chi connectivity index (χ1v) is 6.22. The SMILES string of the molecule is CC(O)C(N)c1nc(-c2ccc(Br)s2)no1. The number of nitrogens with two attached hydrogens (primary N) is 1. The Morgan fingerprint density at radius 3 is 2.88 bits per heavy atom. The number of thiophene rings is 1. The van der Waals surface area contributed by atoms with Gasteiger partial charge in [0.25, 0.3) is 0 Å². The molecule has 0 aliphatic heterocycles. The minimum Gasteiger partial charge on any atom is -0.391 e. The fraction of sp³-hybridized carbons (Fsp3) is 0.333. The van der Waals surface area contributed by atoms with Gasteiger partial charge in [-0.3, -0.25) is 0 Å². The molecule has 0 spiro atoms. The Balaban J connectivity index is 2.26. The Hall–Kier alpha value is -0.760. The predicted octanol–water partition coefficient (Wildman–Crippen LogP) is 1.94. The van der Waals surface area contributed by atoms with E-state index in [4.69, 9.17) is 10.3 Å². The zero-order valence-electron chi connectivity index (χ0n) is 8.42. The van der Waals surface area contributed by atoms with Crippen molar-refractivity contribution < 1.29 is 9.63 Å². The second-order valence-corrected chi connectivity index (χ2v) is 5.79. The number of aliphatic hydroxyl groups excluding tert-OH is 1. The van der Waals surface area contributed by atoms with E-state index in [-0.39, 0.29) is 5.89 Å². The Morgan fingerprint density at radius 2 is 2.31 bits per heavy atom. The molecule has 0 aromatic carbocycles. The third-order valence-corrected chi connectivity index (χ3v) is 3.66. The average Bonchev–Trinajstić information content (AvgIpc) is 2.84. The van der Waals surface area contributed by atoms with Crippen molar-refractivity contribution in [3.63, 3.8) is 0 Å². The monoisotopic (exact) mass is 303 g/mol. The first-order valence-electron chi connectivity index (χ1n) is 4.61. The minimum atomic E-state index is -0.719. The van der Waals surface area contributed by atoms with E-state index in [0.29, 0.717) is 5.82 Å². The molecule has 2 heterocycles. The number of hydrogen-bond donors (Lipinski definition) is 2. The van der Waals surface area contributed by atoms with Crippen molar-refractivity contribution in [2.24, 2.45) is 5.73 Å². The molecule has 0 radical (unpaired) electrons. The fourth-order valence-electron chi connectivity index (χ4n) is 1.11. The Labute approximate surface area is 104 Å². The van der Waals surface area contributed by atoms with E-state index in [1.54, 1.807) is 6.92 Å². The van der Waals surface area contributed by atoms with Crippen molar-refractivity contribution in [3.8, 4) is 10.7 Å². The number of hydrogen-bond acceptors (Lipinski definition) is 6. The predicted molar refractivity (Wildman–Crippen MR) is 63.9 cm³/mol. The summed E-state index contributed by atoms with van der Waals surface area (Å²) in [7, 11) is 0. The molecule has 2 unspecified atom stereocenters. The van der Waals surface area contributed by atoms with Crippen LogP contribution in [0.4, 0.5) is 0 Å². The highest BCUT2D eigenvalue weighted by atomic mass is 79.9. The summed E-state index contributed by atoms with van der Waals surface area (Å²) in [5.41, 5.74) is 5.68. The van der Waals surface area contributed by atoms with Crippen molar-refractivity contribution in [3.05, 3.63) is 21.8 Å². The van der Waals surface area contributed by atoms with Gasteiger partial charge in [0.1, 0.15) is 6.04 Å². The summed E-state index contributed by atoms with van der Waals surface area (Å²) in [5.74, 6) is 0.733. The molecule has 86 valence electrons. The van der Waals surface area contributed by atoms with Gasteiger partial charge in [-0.15, -0.1) is 11.3 Å². The van der Waals surface area contributed by atoms with Gasteiger partial charge in [-0.25, -0.2) is 0 Å². The lowest BCUT2D eigenvalue weighted by atomic mass is 10.2. The van der Waals surface area contributed by atoms with Crippen LogP contribution in [0.5, 0.6) is 0 Å². The first kappa shape index (κ1) is 11.7. The number of aromatic nitrogens is 2. The molecule has 2 aromatic heterocycles. The van der Waals surface area contributed by atoms with Crippen molar-refractivity contribution in [1.82, 2.24) is 10.1 Å². The lowest BCUT2D eigenvalue weighted by molar-refractivity contribution is 0.146. The van der Waals surface area contributed by atoms with Crippen LogP contribution in [0, 0.1) is 0 Å². The van der Waals surface area contributed by atoms with E-state index in [1.807, 2.05) is 12.1 Å². The van der Waals surface area contributed by atoms with Crippen LogP contribution < -0.4 is 5.73 Å². The second-order valence-electron chi connectivity index (χ2n) is 3.33. The molecule has 0 bridgehead atoms. The topological polar surface area (TPSA) is 85.2 Å². The maximum absolute atomic E-state index is 9.30. The smallest absolute Gasteiger partial charge is 0.246 e. The lowest BCUT2D eigenvalue weighted by Crippen LogP contribution is -2.23. The van der Waals surface area contributed by atoms with Crippen LogP contribution in [-0.2, 0) is 0 Å². The van der Waals surface area contributed by atoms with Crippen molar-refractivity contribution in [1.29, 1.82) is 0 Å². The standard InChI is InChI=1S/C9H10BrN3O2S/c1-4(14)7(11)9-12-8(13-15-9)5-2-3-6(10)16-5/h2-4,7,14H,11H2,1H3. The largest absolute Gasteiger partial charge is 0.391 e. The maximum atomic E-state index is 9.30. The number of rotatable bonds is 3. The van der Waals surface area contributed by atoms with Crippen LogP contribution in [0.15, 0.2) is 20.4 Å². The molecule has 7 heteroatoms. The third kappa shape index (κ3) is 2.32. The average molecular weight is 304 g/mol. The van der Waals surface area contributed by atoms with Gasteiger partial charge in [0.15, 0.2) is 0 Å². The van der Waals surface area contributed by atoms with Crippen LogP contribution in [0.2, 0.25) is 0 Å². The van der Waals surface area contributed by atoms with E-state index < -0.39 is 12.1 Å². The molecule has 0 saturated heterocycles. The van der Waals surface area contributed by atoms with Crippen molar-refractivity contribution in [2.45, 2.75) is 19.1 Å². The summed E-state index contributed by atoms with van der Waals surface area (Å²) >= 11 is 4.86. The van der Waals surface area contributed by atoms with E-state index in [9.17, 15) is 5.11 Å². The normalized spacial score (nSPS) is 15.0. The van der Waals surface area contributed by atoms with Gasteiger partial charge in [0.2, 0.25) is 11.7 Å². The van der Waals surface area contributed by atoms with Gasteiger partial charge >= 0.3 is 0 Å². The number of nitrogens with zero attached hydrogens (tertiary/aromatic N) is 2. The highest BCUT2D eigenvalue weighted by Gasteiger charge is 2.20. The molecule has 2 rings (SSSR count). The minimum absolute atomic E-state index is 0.245. The molecule has 0 aliphatic carbocycles. The van der Waals surface area contributed by atoms with Crippen LogP contribution in [0.3, 0.4) is 0 Å². The highest BCUT2D eigenvalue weighted by molar-refractivity contribution is 9.11. The molecule has 5 nitrogen and oxygen atoms in total. The number of halogens is 1. The zero-order chi connectivity index (χ0) is 11.7. The fourth-order valence-corrected chi connectivity index (χ4v) is 2.42. The van der Waals surface area contributed by atoms with Crippen LogP contribution >= 0.6 is 27.3 Å². The number of aliphatic hydroxyl groups is 1. The van der Waals surface area contributed by atoms with Crippen LogP contribution in [0.25, 0.3) is 10.7 Å². The van der Waals surface area contributed by atoms with Gasteiger partial charge in [0, 0.05) is 0 Å². The third-order valence-electron chi connectivity index (χ3n) is 2.04. The maximum Gasteiger partial charge on any atom is 0.246 e. The van der Waals surface area contributed by atoms with Crippen molar-refractivity contribution >= 4 is 27.3 Å². The molecule has 16 heavy (non-hydrogen) atoms. The molecule has 2 aromatic rings. The van der Waals surface area contributed by atoms with Crippen molar-refractivity contribution in [2.75, 3.05) is 0 Å². The molecule has 0 aliphatic rings. The molecular weight excluding hydrogens is 294 g/mol.